The van der Waals surface area contributed by atoms with Gasteiger partial charge in [-0.1, -0.05) is 36.0 Å². The van der Waals surface area contributed by atoms with Gasteiger partial charge in [-0.3, -0.25) is 5.41 Å². The molecular formula is C10H9ClN2OS. The Hall–Kier alpha value is -1.13. The second-order valence-electron chi connectivity index (χ2n) is 3.27. The zero-order valence-electron chi connectivity index (χ0n) is 8.03. The Labute approximate surface area is 98.1 Å². The Bertz CT molecular complexity index is 418. The van der Waals surface area contributed by atoms with Gasteiger partial charge in [0, 0.05) is 17.6 Å². The van der Waals surface area contributed by atoms with Gasteiger partial charge in [-0.2, -0.15) is 0 Å². The highest BCUT2D eigenvalue weighted by Crippen LogP contribution is 2.28. The van der Waals surface area contributed by atoms with E-state index in [1.165, 1.54) is 0 Å². The van der Waals surface area contributed by atoms with Crippen LogP contribution in [0, 0.1) is 5.41 Å². The fourth-order valence-corrected chi connectivity index (χ4v) is 1.70. The number of thiocarbonyl (C=S) groups is 1. The van der Waals surface area contributed by atoms with Crippen molar-refractivity contribution in [3.8, 4) is 0 Å². The molecule has 78 valence electrons. The van der Waals surface area contributed by atoms with Crippen molar-refractivity contribution in [3.05, 3.63) is 34.9 Å². The van der Waals surface area contributed by atoms with Crippen molar-refractivity contribution in [2.75, 3.05) is 7.05 Å². The molecule has 15 heavy (non-hydrogen) atoms. The standard InChI is InChI=1S/C10H9ClN2OS/c1-13-9(14-8(12)10(13)15)6-2-4-7(11)5-3-6/h2-5,9,12H,1H3/t9-/m0/s1. The van der Waals surface area contributed by atoms with Crippen molar-refractivity contribution in [2.45, 2.75) is 6.23 Å². The molecule has 1 atom stereocenters. The van der Waals surface area contributed by atoms with E-state index in [0.29, 0.717) is 10.0 Å². The SMILES string of the molecule is CN1C(=S)C(=N)O[C@H]1c1ccc(Cl)cc1. The molecule has 1 aromatic carbocycles. The highest BCUT2D eigenvalue weighted by atomic mass is 35.5. The Balaban J connectivity index is 2.29. The molecule has 1 saturated heterocycles. The predicted molar refractivity (Wildman–Crippen MR) is 63.4 cm³/mol. The lowest BCUT2D eigenvalue weighted by atomic mass is 10.2. The van der Waals surface area contributed by atoms with E-state index >= 15 is 0 Å². The Morgan fingerprint density at radius 2 is 2.00 bits per heavy atom. The third-order valence-corrected chi connectivity index (χ3v) is 2.98. The molecule has 1 heterocycles. The van der Waals surface area contributed by atoms with Crippen LogP contribution in [-0.4, -0.2) is 22.8 Å². The van der Waals surface area contributed by atoms with Gasteiger partial charge in [-0.05, 0) is 12.1 Å². The molecule has 0 amide bonds. The number of ether oxygens (including phenoxy) is 1. The first-order valence-corrected chi connectivity index (χ1v) is 5.16. The summed E-state index contributed by atoms with van der Waals surface area (Å²) in [4.78, 5) is 2.18. The molecule has 0 spiro atoms. The molecule has 1 aliphatic rings. The van der Waals surface area contributed by atoms with E-state index in [4.69, 9.17) is 34.0 Å². The summed E-state index contributed by atoms with van der Waals surface area (Å²) in [5.74, 6) is 0.0486. The van der Waals surface area contributed by atoms with Gasteiger partial charge in [-0.15, -0.1) is 0 Å². The summed E-state index contributed by atoms with van der Waals surface area (Å²) in [6.45, 7) is 0. The summed E-state index contributed by atoms with van der Waals surface area (Å²) < 4.78 is 5.34. The van der Waals surface area contributed by atoms with E-state index in [0.717, 1.165) is 5.56 Å². The maximum absolute atomic E-state index is 7.48. The molecule has 3 nitrogen and oxygen atoms in total. The Kier molecular flexibility index (Phi) is 2.63. The maximum Gasteiger partial charge on any atom is 0.244 e. The number of nitrogens with one attached hydrogen (secondary N) is 1. The first-order valence-electron chi connectivity index (χ1n) is 4.37. The monoisotopic (exact) mass is 240 g/mol. The highest BCUT2D eigenvalue weighted by molar-refractivity contribution is 7.82. The number of nitrogens with zero attached hydrogens (tertiary/aromatic N) is 1. The van der Waals surface area contributed by atoms with Crippen LogP contribution < -0.4 is 0 Å². The van der Waals surface area contributed by atoms with E-state index in [2.05, 4.69) is 0 Å². The lowest BCUT2D eigenvalue weighted by Gasteiger charge is -2.18. The number of hydrogen-bond donors (Lipinski definition) is 1. The Morgan fingerprint density at radius 1 is 1.40 bits per heavy atom. The van der Waals surface area contributed by atoms with Gasteiger partial charge in [-0.25, -0.2) is 0 Å². The molecule has 5 heteroatoms. The minimum absolute atomic E-state index is 0.0486. The normalized spacial score (nSPS) is 20.7. The van der Waals surface area contributed by atoms with Crippen molar-refractivity contribution < 1.29 is 4.74 Å². The van der Waals surface area contributed by atoms with E-state index < -0.39 is 0 Å². The molecule has 2 rings (SSSR count). The van der Waals surface area contributed by atoms with Gasteiger partial charge in [0.2, 0.25) is 12.1 Å². The van der Waals surface area contributed by atoms with E-state index in [9.17, 15) is 0 Å². The number of hydrogen-bond acceptors (Lipinski definition) is 3. The van der Waals surface area contributed by atoms with Crippen LogP contribution in [0.4, 0.5) is 0 Å². The van der Waals surface area contributed by atoms with Crippen LogP contribution >= 0.6 is 23.8 Å². The molecule has 1 N–H and O–H groups in total. The van der Waals surface area contributed by atoms with E-state index in [1.54, 1.807) is 17.0 Å². The molecular weight excluding hydrogens is 232 g/mol. The van der Waals surface area contributed by atoms with E-state index in [1.807, 2.05) is 19.2 Å². The maximum atomic E-state index is 7.48. The van der Waals surface area contributed by atoms with Crippen LogP contribution in [0.25, 0.3) is 0 Å². The van der Waals surface area contributed by atoms with Crippen LogP contribution in [-0.2, 0) is 4.74 Å². The van der Waals surface area contributed by atoms with Crippen LogP contribution in [0.15, 0.2) is 24.3 Å². The van der Waals surface area contributed by atoms with Gasteiger partial charge in [0.05, 0.1) is 0 Å². The van der Waals surface area contributed by atoms with Crippen molar-refractivity contribution in [2.24, 2.45) is 0 Å². The summed E-state index contributed by atoms with van der Waals surface area (Å²) in [5.41, 5.74) is 0.937. The summed E-state index contributed by atoms with van der Waals surface area (Å²) >= 11 is 10.8. The molecule has 0 unspecified atom stereocenters. The van der Waals surface area contributed by atoms with Gasteiger partial charge >= 0.3 is 0 Å². The fraction of sp³-hybridized carbons (Fsp3) is 0.200. The first kappa shape index (κ1) is 10.4. The Morgan fingerprint density at radius 3 is 2.47 bits per heavy atom. The van der Waals surface area contributed by atoms with Crippen LogP contribution in [0.2, 0.25) is 5.02 Å². The molecule has 0 aliphatic carbocycles. The topological polar surface area (TPSA) is 36.3 Å². The van der Waals surface area contributed by atoms with Gasteiger partial charge in [0.15, 0.2) is 4.99 Å². The number of rotatable bonds is 1. The largest absolute Gasteiger partial charge is 0.447 e. The quantitative estimate of drug-likeness (QED) is 0.767. The molecule has 1 aliphatic heterocycles. The molecule has 0 bridgehead atoms. The van der Waals surface area contributed by atoms with Gasteiger partial charge in [0.25, 0.3) is 0 Å². The zero-order valence-corrected chi connectivity index (χ0v) is 9.60. The number of likely N-dealkylation sites (N-methyl/N-ethyl adjacent to an activating group) is 1. The van der Waals surface area contributed by atoms with Crippen molar-refractivity contribution in [3.63, 3.8) is 0 Å². The molecule has 0 saturated carbocycles. The number of benzene rings is 1. The average molecular weight is 241 g/mol. The van der Waals surface area contributed by atoms with Gasteiger partial charge < -0.3 is 9.64 Å². The second kappa shape index (κ2) is 3.79. The summed E-state index contributed by atoms with van der Waals surface area (Å²) in [7, 11) is 1.81. The molecule has 1 aromatic rings. The van der Waals surface area contributed by atoms with Crippen LogP contribution in [0.3, 0.4) is 0 Å². The summed E-state index contributed by atoms with van der Waals surface area (Å²) in [5, 5.41) is 8.15. The fourth-order valence-electron chi connectivity index (χ4n) is 1.43. The van der Waals surface area contributed by atoms with Crippen molar-refractivity contribution in [1.29, 1.82) is 5.41 Å². The minimum atomic E-state index is -0.303. The second-order valence-corrected chi connectivity index (χ2v) is 4.09. The third-order valence-electron chi connectivity index (χ3n) is 2.25. The predicted octanol–water partition coefficient (Wildman–Crippen LogP) is 2.61. The highest BCUT2D eigenvalue weighted by Gasteiger charge is 2.32. The van der Waals surface area contributed by atoms with Gasteiger partial charge in [0.1, 0.15) is 0 Å². The molecule has 1 fully saturated rings. The van der Waals surface area contributed by atoms with Crippen molar-refractivity contribution >= 4 is 34.7 Å². The van der Waals surface area contributed by atoms with Crippen molar-refractivity contribution in [1.82, 2.24) is 4.90 Å². The summed E-state index contributed by atoms with van der Waals surface area (Å²) in [6.07, 6.45) is -0.303. The summed E-state index contributed by atoms with van der Waals surface area (Å²) in [6, 6.07) is 7.31. The average Bonchev–Trinajstić information content (AvgIpc) is 2.47. The van der Waals surface area contributed by atoms with Crippen LogP contribution in [0.1, 0.15) is 11.8 Å². The minimum Gasteiger partial charge on any atom is -0.447 e. The first-order chi connectivity index (χ1) is 7.09. The van der Waals surface area contributed by atoms with E-state index in [-0.39, 0.29) is 12.1 Å². The van der Waals surface area contributed by atoms with Crippen LogP contribution in [0.5, 0.6) is 0 Å². The zero-order chi connectivity index (χ0) is 11.0. The number of halogens is 1. The molecule has 0 aromatic heterocycles. The smallest absolute Gasteiger partial charge is 0.244 e. The third kappa shape index (κ3) is 1.82. The lowest BCUT2D eigenvalue weighted by molar-refractivity contribution is 0.116. The lowest BCUT2D eigenvalue weighted by Crippen LogP contribution is -2.23. The molecule has 0 radical (unpaired) electrons.